The van der Waals surface area contributed by atoms with E-state index in [4.69, 9.17) is 9.72 Å². The van der Waals surface area contributed by atoms with E-state index in [2.05, 4.69) is 37.3 Å². The Hall–Kier alpha value is -2.73. The van der Waals surface area contributed by atoms with Crippen LogP contribution >= 0.6 is 0 Å². The fourth-order valence-electron chi connectivity index (χ4n) is 3.66. The third-order valence-corrected chi connectivity index (χ3v) is 5.30. The molecule has 4 rings (SSSR count). The Kier molecular flexibility index (Phi) is 5.13. The van der Waals surface area contributed by atoms with E-state index in [9.17, 15) is 4.79 Å². The van der Waals surface area contributed by atoms with Crippen LogP contribution in [0.3, 0.4) is 0 Å². The molecule has 1 saturated heterocycles. The van der Waals surface area contributed by atoms with Crippen LogP contribution in [-0.4, -0.2) is 40.4 Å². The number of fused-ring (bicyclic) bond motifs is 1. The van der Waals surface area contributed by atoms with Gasteiger partial charge in [-0.15, -0.1) is 0 Å². The Bertz CT molecular complexity index is 1000. The number of aryl methyl sites for hydroxylation is 1. The number of carbonyl (C=O) groups excluding carboxylic acids is 1. The predicted molar refractivity (Wildman–Crippen MR) is 109 cm³/mol. The molecule has 0 saturated carbocycles. The molecule has 0 unspecified atom stereocenters. The molecule has 1 aliphatic heterocycles. The Morgan fingerprint density at radius 2 is 2.18 bits per heavy atom. The molecule has 0 aliphatic carbocycles. The SMILES string of the molecule is Cc1ccccc1-c1cc(C(=O)NC[C@H]2CCOC2)c2cnn(C(C)C)c2n1. The first kappa shape index (κ1) is 18.6. The molecule has 3 aromatic rings. The summed E-state index contributed by atoms with van der Waals surface area (Å²) >= 11 is 0. The van der Waals surface area contributed by atoms with Gasteiger partial charge in [0.05, 0.1) is 29.4 Å². The number of benzene rings is 1. The third-order valence-electron chi connectivity index (χ3n) is 5.30. The van der Waals surface area contributed by atoms with Crippen LogP contribution in [0.1, 0.15) is 42.2 Å². The van der Waals surface area contributed by atoms with Gasteiger partial charge in [0.15, 0.2) is 5.65 Å². The van der Waals surface area contributed by atoms with E-state index in [1.54, 1.807) is 6.20 Å². The van der Waals surface area contributed by atoms with Gasteiger partial charge in [0.1, 0.15) is 0 Å². The van der Waals surface area contributed by atoms with E-state index in [-0.39, 0.29) is 11.9 Å². The summed E-state index contributed by atoms with van der Waals surface area (Å²) in [6.45, 7) is 8.30. The van der Waals surface area contributed by atoms with Crippen molar-refractivity contribution in [2.24, 2.45) is 5.92 Å². The van der Waals surface area contributed by atoms with Crippen molar-refractivity contribution in [2.75, 3.05) is 19.8 Å². The minimum atomic E-state index is -0.0857. The molecule has 28 heavy (non-hydrogen) atoms. The van der Waals surface area contributed by atoms with E-state index in [0.717, 1.165) is 40.9 Å². The summed E-state index contributed by atoms with van der Waals surface area (Å²) in [6.07, 6.45) is 2.74. The molecule has 6 nitrogen and oxygen atoms in total. The molecule has 1 fully saturated rings. The van der Waals surface area contributed by atoms with Crippen LogP contribution in [0.25, 0.3) is 22.3 Å². The number of rotatable bonds is 5. The highest BCUT2D eigenvalue weighted by Gasteiger charge is 2.21. The first-order valence-corrected chi connectivity index (χ1v) is 9.85. The van der Waals surface area contributed by atoms with E-state index in [1.165, 1.54) is 0 Å². The van der Waals surface area contributed by atoms with Gasteiger partial charge in [-0.25, -0.2) is 9.67 Å². The standard InChI is InChI=1S/C22H26N4O2/c1-14(2)26-21-19(12-24-26)18(22(27)23-11-16-8-9-28-13-16)10-20(25-21)17-7-5-4-6-15(17)3/h4-7,10,12,14,16H,8-9,11,13H2,1-3H3,(H,23,27)/t16-/m1/s1. The number of ether oxygens (including phenoxy) is 1. The zero-order valence-corrected chi connectivity index (χ0v) is 16.6. The Balaban J connectivity index is 1.77. The van der Waals surface area contributed by atoms with Gasteiger partial charge in [-0.05, 0) is 38.8 Å². The molecular weight excluding hydrogens is 352 g/mol. The fraction of sp³-hybridized carbons (Fsp3) is 0.409. The van der Waals surface area contributed by atoms with E-state index in [1.807, 2.05) is 28.9 Å². The van der Waals surface area contributed by atoms with E-state index >= 15 is 0 Å². The maximum Gasteiger partial charge on any atom is 0.252 e. The van der Waals surface area contributed by atoms with Crippen molar-refractivity contribution >= 4 is 16.9 Å². The minimum absolute atomic E-state index is 0.0857. The second-order valence-corrected chi connectivity index (χ2v) is 7.73. The summed E-state index contributed by atoms with van der Waals surface area (Å²) in [5.74, 6) is 0.299. The van der Waals surface area contributed by atoms with Crippen LogP contribution in [-0.2, 0) is 4.74 Å². The van der Waals surface area contributed by atoms with E-state index < -0.39 is 0 Å². The van der Waals surface area contributed by atoms with Crippen molar-refractivity contribution in [1.29, 1.82) is 0 Å². The van der Waals surface area contributed by atoms with E-state index in [0.29, 0.717) is 24.6 Å². The van der Waals surface area contributed by atoms with Crippen molar-refractivity contribution < 1.29 is 9.53 Å². The monoisotopic (exact) mass is 378 g/mol. The normalized spacial score (nSPS) is 16.8. The lowest BCUT2D eigenvalue weighted by Crippen LogP contribution is -2.29. The molecular formula is C22H26N4O2. The first-order chi connectivity index (χ1) is 13.5. The number of amides is 1. The molecule has 1 N–H and O–H groups in total. The fourth-order valence-corrected chi connectivity index (χ4v) is 3.66. The molecule has 2 aromatic heterocycles. The molecule has 0 spiro atoms. The maximum atomic E-state index is 13.0. The minimum Gasteiger partial charge on any atom is -0.381 e. The lowest BCUT2D eigenvalue weighted by atomic mass is 10.0. The molecule has 1 aromatic carbocycles. The second kappa shape index (κ2) is 7.72. The van der Waals surface area contributed by atoms with Crippen molar-refractivity contribution in [3.63, 3.8) is 0 Å². The molecule has 0 radical (unpaired) electrons. The summed E-state index contributed by atoms with van der Waals surface area (Å²) in [7, 11) is 0. The van der Waals surface area contributed by atoms with Crippen LogP contribution in [0.4, 0.5) is 0 Å². The number of pyridine rings is 1. The van der Waals surface area contributed by atoms with Crippen LogP contribution in [0.2, 0.25) is 0 Å². The predicted octanol–water partition coefficient (Wildman–Crippen LogP) is 3.75. The number of nitrogens with zero attached hydrogens (tertiary/aromatic N) is 3. The lowest BCUT2D eigenvalue weighted by Gasteiger charge is -2.13. The summed E-state index contributed by atoms with van der Waals surface area (Å²) in [5.41, 5.74) is 4.31. The highest BCUT2D eigenvalue weighted by atomic mass is 16.5. The van der Waals surface area contributed by atoms with Gasteiger partial charge in [-0.1, -0.05) is 24.3 Å². The van der Waals surface area contributed by atoms with Crippen LogP contribution in [0.15, 0.2) is 36.5 Å². The van der Waals surface area contributed by atoms with Crippen molar-refractivity contribution in [1.82, 2.24) is 20.1 Å². The molecule has 1 atom stereocenters. The Labute approximate surface area is 164 Å². The van der Waals surface area contributed by atoms with Crippen LogP contribution < -0.4 is 5.32 Å². The molecule has 146 valence electrons. The third kappa shape index (κ3) is 3.52. The molecule has 6 heteroatoms. The van der Waals surface area contributed by atoms with Gasteiger partial charge in [0.25, 0.3) is 5.91 Å². The Morgan fingerprint density at radius 1 is 1.36 bits per heavy atom. The smallest absolute Gasteiger partial charge is 0.252 e. The number of nitrogens with one attached hydrogen (secondary N) is 1. The zero-order chi connectivity index (χ0) is 19.7. The summed E-state index contributed by atoms with van der Waals surface area (Å²) in [4.78, 5) is 17.9. The average Bonchev–Trinajstić information content (AvgIpc) is 3.35. The molecule has 3 heterocycles. The quantitative estimate of drug-likeness (QED) is 0.734. The van der Waals surface area contributed by atoms with Gasteiger partial charge in [0, 0.05) is 30.7 Å². The van der Waals surface area contributed by atoms with Crippen molar-refractivity contribution in [3.8, 4) is 11.3 Å². The maximum absolute atomic E-state index is 13.0. The van der Waals surface area contributed by atoms with Gasteiger partial charge in [-0.2, -0.15) is 5.10 Å². The Morgan fingerprint density at radius 3 is 2.89 bits per heavy atom. The first-order valence-electron chi connectivity index (χ1n) is 9.85. The zero-order valence-electron chi connectivity index (χ0n) is 16.6. The van der Waals surface area contributed by atoms with Crippen LogP contribution in [0, 0.1) is 12.8 Å². The average molecular weight is 378 g/mol. The van der Waals surface area contributed by atoms with Crippen molar-refractivity contribution in [3.05, 3.63) is 47.7 Å². The number of hydrogen-bond acceptors (Lipinski definition) is 4. The molecule has 1 aliphatic rings. The van der Waals surface area contributed by atoms with Gasteiger partial charge in [0.2, 0.25) is 0 Å². The molecule has 0 bridgehead atoms. The van der Waals surface area contributed by atoms with Gasteiger partial charge >= 0.3 is 0 Å². The lowest BCUT2D eigenvalue weighted by molar-refractivity contribution is 0.0946. The number of carbonyl (C=O) groups is 1. The highest BCUT2D eigenvalue weighted by Crippen LogP contribution is 2.28. The number of hydrogen-bond donors (Lipinski definition) is 1. The summed E-state index contributed by atoms with van der Waals surface area (Å²) in [6, 6.07) is 10.1. The number of aromatic nitrogens is 3. The van der Waals surface area contributed by atoms with Crippen molar-refractivity contribution in [2.45, 2.75) is 33.2 Å². The topological polar surface area (TPSA) is 69.0 Å². The summed E-state index contributed by atoms with van der Waals surface area (Å²) in [5, 5.41) is 8.35. The largest absolute Gasteiger partial charge is 0.381 e. The molecule has 1 amide bonds. The summed E-state index contributed by atoms with van der Waals surface area (Å²) < 4.78 is 7.28. The second-order valence-electron chi connectivity index (χ2n) is 7.73. The van der Waals surface area contributed by atoms with Crippen LogP contribution in [0.5, 0.6) is 0 Å². The van der Waals surface area contributed by atoms with Gasteiger partial charge in [-0.3, -0.25) is 4.79 Å². The highest BCUT2D eigenvalue weighted by molar-refractivity contribution is 6.06. The van der Waals surface area contributed by atoms with Gasteiger partial charge < -0.3 is 10.1 Å².